The molecule has 5 rings (SSSR count). The van der Waals surface area contributed by atoms with Gasteiger partial charge in [0.1, 0.15) is 11.6 Å². The second-order valence-corrected chi connectivity index (χ2v) is 8.63. The molecule has 3 aromatic carbocycles. The lowest BCUT2D eigenvalue weighted by Gasteiger charge is -2.18. The van der Waals surface area contributed by atoms with Gasteiger partial charge in [-0.05, 0) is 66.4 Å². The fraction of sp³-hybridized carbons (Fsp3) is 0.185. The van der Waals surface area contributed by atoms with E-state index in [0.29, 0.717) is 5.02 Å². The molecule has 1 aromatic heterocycles. The number of aryl methyl sites for hydroxylation is 1. The highest BCUT2D eigenvalue weighted by Crippen LogP contribution is 2.39. The monoisotopic (exact) mass is 457 g/mol. The number of ether oxygens (including phenoxy) is 1. The van der Waals surface area contributed by atoms with Gasteiger partial charge in [-0.2, -0.15) is 0 Å². The summed E-state index contributed by atoms with van der Waals surface area (Å²) >= 11 is 5.93. The van der Waals surface area contributed by atoms with Crippen molar-refractivity contribution in [2.24, 2.45) is 0 Å². The molecule has 1 heterocycles. The standard InChI is InChI=1S/C27H24ClN3O2/c1-33-24-7-2-4-18-10-14-23(27(18)24)30-25-15-13-20-21(29-25)5-3-6-22(20)31-26(32)16-17-8-11-19(28)12-9-17/h2-9,11-13,15,23H,10,14,16H2,1H3,(H,29,30)(H,31,32). The number of aromatic nitrogens is 1. The van der Waals surface area contributed by atoms with E-state index in [1.54, 1.807) is 19.2 Å². The van der Waals surface area contributed by atoms with Crippen molar-refractivity contribution in [3.05, 3.63) is 94.5 Å². The first-order chi connectivity index (χ1) is 16.1. The van der Waals surface area contributed by atoms with Crippen molar-refractivity contribution in [1.29, 1.82) is 0 Å². The third-order valence-corrected chi connectivity index (χ3v) is 6.29. The molecule has 1 unspecified atom stereocenters. The zero-order valence-corrected chi connectivity index (χ0v) is 19.0. The maximum absolute atomic E-state index is 12.6. The van der Waals surface area contributed by atoms with E-state index < -0.39 is 0 Å². The van der Waals surface area contributed by atoms with E-state index in [1.165, 1.54) is 11.1 Å². The Labute approximate surface area is 197 Å². The van der Waals surface area contributed by atoms with Crippen LogP contribution in [0.4, 0.5) is 11.5 Å². The van der Waals surface area contributed by atoms with E-state index in [-0.39, 0.29) is 18.4 Å². The van der Waals surface area contributed by atoms with E-state index in [9.17, 15) is 4.79 Å². The fourth-order valence-electron chi connectivity index (χ4n) is 4.47. The summed E-state index contributed by atoms with van der Waals surface area (Å²) in [7, 11) is 1.71. The smallest absolute Gasteiger partial charge is 0.228 e. The molecule has 1 aliphatic rings. The van der Waals surface area contributed by atoms with Gasteiger partial charge >= 0.3 is 0 Å². The topological polar surface area (TPSA) is 63.2 Å². The molecule has 6 heteroatoms. The number of fused-ring (bicyclic) bond motifs is 2. The van der Waals surface area contributed by atoms with Crippen LogP contribution in [0.2, 0.25) is 5.02 Å². The first kappa shape index (κ1) is 21.3. The number of amides is 1. The first-order valence-corrected chi connectivity index (χ1v) is 11.3. The van der Waals surface area contributed by atoms with Gasteiger partial charge in [0.25, 0.3) is 0 Å². The fourth-order valence-corrected chi connectivity index (χ4v) is 4.60. The molecule has 0 spiro atoms. The largest absolute Gasteiger partial charge is 0.496 e. The van der Waals surface area contributed by atoms with Crippen LogP contribution in [-0.2, 0) is 17.6 Å². The molecule has 0 radical (unpaired) electrons. The average molecular weight is 458 g/mol. The summed E-state index contributed by atoms with van der Waals surface area (Å²) in [6, 6.07) is 23.4. The second kappa shape index (κ2) is 9.12. The van der Waals surface area contributed by atoms with Crippen LogP contribution in [0.3, 0.4) is 0 Å². The van der Waals surface area contributed by atoms with Crippen LogP contribution in [0.25, 0.3) is 10.9 Å². The Morgan fingerprint density at radius 3 is 2.70 bits per heavy atom. The van der Waals surface area contributed by atoms with Gasteiger partial charge in [0.15, 0.2) is 0 Å². The molecule has 0 fully saturated rings. The molecule has 1 aliphatic carbocycles. The van der Waals surface area contributed by atoms with E-state index in [4.69, 9.17) is 21.3 Å². The number of nitrogens with zero attached hydrogens (tertiary/aromatic N) is 1. The highest BCUT2D eigenvalue weighted by atomic mass is 35.5. The Balaban J connectivity index is 1.34. The first-order valence-electron chi connectivity index (χ1n) is 11.0. The predicted molar refractivity (Wildman–Crippen MR) is 133 cm³/mol. The van der Waals surface area contributed by atoms with Crippen molar-refractivity contribution in [1.82, 2.24) is 4.98 Å². The second-order valence-electron chi connectivity index (χ2n) is 8.19. The normalized spacial score (nSPS) is 14.7. The van der Waals surface area contributed by atoms with E-state index >= 15 is 0 Å². The van der Waals surface area contributed by atoms with Crippen LogP contribution in [0, 0.1) is 0 Å². The van der Waals surface area contributed by atoms with Crippen LogP contribution in [0.15, 0.2) is 72.8 Å². The summed E-state index contributed by atoms with van der Waals surface area (Å²) < 4.78 is 5.59. The molecular formula is C27H24ClN3O2. The van der Waals surface area contributed by atoms with Crippen LogP contribution < -0.4 is 15.4 Å². The van der Waals surface area contributed by atoms with Gasteiger partial charge in [0.2, 0.25) is 5.91 Å². The zero-order valence-electron chi connectivity index (χ0n) is 18.3. The van der Waals surface area contributed by atoms with Crippen LogP contribution in [-0.4, -0.2) is 18.0 Å². The Kier molecular flexibility index (Phi) is 5.88. The van der Waals surface area contributed by atoms with Gasteiger partial charge in [-0.25, -0.2) is 4.98 Å². The molecule has 0 aliphatic heterocycles. The lowest BCUT2D eigenvalue weighted by molar-refractivity contribution is -0.115. The van der Waals surface area contributed by atoms with Gasteiger partial charge in [-0.3, -0.25) is 4.79 Å². The number of benzene rings is 3. The lowest BCUT2D eigenvalue weighted by Crippen LogP contribution is -2.14. The summed E-state index contributed by atoms with van der Waals surface area (Å²) in [6.45, 7) is 0. The highest BCUT2D eigenvalue weighted by molar-refractivity contribution is 6.30. The molecule has 0 bridgehead atoms. The number of halogens is 1. The summed E-state index contributed by atoms with van der Waals surface area (Å²) in [6.07, 6.45) is 2.29. The summed E-state index contributed by atoms with van der Waals surface area (Å²) in [4.78, 5) is 17.4. The minimum atomic E-state index is -0.0818. The van der Waals surface area contributed by atoms with Crippen molar-refractivity contribution in [2.45, 2.75) is 25.3 Å². The van der Waals surface area contributed by atoms with E-state index in [0.717, 1.165) is 46.6 Å². The summed E-state index contributed by atoms with van der Waals surface area (Å²) in [5.74, 6) is 1.63. The van der Waals surface area contributed by atoms with E-state index in [1.807, 2.05) is 54.6 Å². The van der Waals surface area contributed by atoms with E-state index in [2.05, 4.69) is 16.7 Å². The number of carbonyl (C=O) groups is 1. The van der Waals surface area contributed by atoms with Crippen LogP contribution >= 0.6 is 11.6 Å². The molecule has 166 valence electrons. The maximum Gasteiger partial charge on any atom is 0.228 e. The van der Waals surface area contributed by atoms with Gasteiger partial charge in [-0.15, -0.1) is 0 Å². The SMILES string of the molecule is COc1cccc2c1C(Nc1ccc3c(NC(=O)Cc4ccc(Cl)cc4)cccc3n1)CC2. The van der Waals surface area contributed by atoms with Gasteiger partial charge in [0, 0.05) is 16.0 Å². The number of methoxy groups -OCH3 is 1. The zero-order chi connectivity index (χ0) is 22.8. The number of hydrogen-bond acceptors (Lipinski definition) is 4. The molecule has 2 N–H and O–H groups in total. The number of pyridine rings is 1. The Morgan fingerprint density at radius 1 is 1.06 bits per heavy atom. The lowest BCUT2D eigenvalue weighted by atomic mass is 10.1. The number of carbonyl (C=O) groups excluding carboxylic acids is 1. The number of anilines is 2. The average Bonchev–Trinajstić information content (AvgIpc) is 3.23. The predicted octanol–water partition coefficient (Wildman–Crippen LogP) is 6.18. The van der Waals surface area contributed by atoms with Gasteiger partial charge in [-0.1, -0.05) is 41.9 Å². The van der Waals surface area contributed by atoms with Crippen LogP contribution in [0.5, 0.6) is 5.75 Å². The molecule has 0 saturated heterocycles. The quantitative estimate of drug-likeness (QED) is 0.363. The van der Waals surface area contributed by atoms with Crippen molar-refractivity contribution in [2.75, 3.05) is 17.7 Å². The maximum atomic E-state index is 12.6. The third-order valence-electron chi connectivity index (χ3n) is 6.03. The molecule has 0 saturated carbocycles. The Bertz CT molecular complexity index is 1320. The van der Waals surface area contributed by atoms with Crippen LogP contribution in [0.1, 0.15) is 29.2 Å². The molecule has 33 heavy (non-hydrogen) atoms. The minimum Gasteiger partial charge on any atom is -0.496 e. The van der Waals surface area contributed by atoms with Crippen molar-refractivity contribution in [3.63, 3.8) is 0 Å². The molecule has 1 amide bonds. The van der Waals surface area contributed by atoms with Crippen molar-refractivity contribution in [3.8, 4) is 5.75 Å². The molecule has 1 atom stereocenters. The number of hydrogen-bond donors (Lipinski definition) is 2. The van der Waals surface area contributed by atoms with Gasteiger partial charge < -0.3 is 15.4 Å². The summed E-state index contributed by atoms with van der Waals surface area (Å²) in [5, 5.41) is 8.15. The van der Waals surface area contributed by atoms with Crippen molar-refractivity contribution < 1.29 is 9.53 Å². The molecule has 4 aromatic rings. The third kappa shape index (κ3) is 4.50. The summed E-state index contributed by atoms with van der Waals surface area (Å²) in [5.41, 5.74) is 5.01. The Hall–Kier alpha value is -3.57. The molecular weight excluding hydrogens is 434 g/mol. The molecule has 5 nitrogen and oxygen atoms in total. The minimum absolute atomic E-state index is 0.0818. The van der Waals surface area contributed by atoms with Crippen molar-refractivity contribution >= 4 is 39.9 Å². The van der Waals surface area contributed by atoms with Gasteiger partial charge in [0.05, 0.1) is 30.8 Å². The number of rotatable bonds is 6. The number of nitrogens with one attached hydrogen (secondary N) is 2. The highest BCUT2D eigenvalue weighted by Gasteiger charge is 2.26. The Morgan fingerprint density at radius 2 is 1.88 bits per heavy atom.